The number of nitrogen functional groups attached to an aromatic ring is 2. The minimum Gasteiger partial charge on any atom is -0.482 e. The number of benzene rings is 1. The number of esters is 1. The minimum atomic E-state index is -0.675. The Hall–Kier alpha value is -3.64. The molecule has 1 aliphatic heterocycles. The Morgan fingerprint density at radius 1 is 1.05 bits per heavy atom. The predicted octanol–water partition coefficient (Wildman–Crippen LogP) is 1.77. The molecule has 1 fully saturated rings. The van der Waals surface area contributed by atoms with E-state index in [0.717, 1.165) is 44.5 Å². The molecule has 2 heterocycles. The molecule has 1 aliphatic rings. The van der Waals surface area contributed by atoms with Crippen molar-refractivity contribution in [3.8, 4) is 5.75 Å². The first-order valence-electron chi connectivity index (χ1n) is 12.6. The van der Waals surface area contributed by atoms with Gasteiger partial charge in [0.2, 0.25) is 0 Å². The number of carbonyl (C=O) groups excluding carboxylic acids is 2. The van der Waals surface area contributed by atoms with Crippen LogP contribution < -0.4 is 27.3 Å². The smallest absolute Gasteiger partial charge is 0.344 e. The van der Waals surface area contributed by atoms with Crippen molar-refractivity contribution in [2.24, 2.45) is 10.7 Å². The van der Waals surface area contributed by atoms with E-state index < -0.39 is 5.91 Å². The van der Waals surface area contributed by atoms with Crippen LogP contribution in [0.2, 0.25) is 5.15 Å². The fourth-order valence-corrected chi connectivity index (χ4v) is 4.00. The maximum atomic E-state index is 12.2. The van der Waals surface area contributed by atoms with Crippen LogP contribution in [0.3, 0.4) is 0 Å². The molecule has 3 rings (SSSR count). The Kier molecular flexibility index (Phi) is 11.4. The van der Waals surface area contributed by atoms with Crippen LogP contribution in [0.4, 0.5) is 11.6 Å². The molecule has 7 N–H and O–H groups in total. The maximum Gasteiger partial charge on any atom is 0.344 e. The summed E-state index contributed by atoms with van der Waals surface area (Å²) in [5, 5.41) is 2.28. The fraction of sp³-hybridized carbons (Fsp3) is 0.480. The number of aryl methyl sites for hydroxylation is 1. The van der Waals surface area contributed by atoms with E-state index in [9.17, 15) is 9.59 Å². The Balaban J connectivity index is 1.29. The number of nitrogens with zero attached hydrogens (tertiary/aromatic N) is 4. The van der Waals surface area contributed by atoms with Crippen LogP contribution >= 0.6 is 11.6 Å². The van der Waals surface area contributed by atoms with Gasteiger partial charge in [-0.2, -0.15) is 0 Å². The zero-order chi connectivity index (χ0) is 27.3. The van der Waals surface area contributed by atoms with Crippen molar-refractivity contribution in [1.29, 1.82) is 0 Å². The number of nitrogens with one attached hydrogen (secondary N) is 1. The van der Waals surface area contributed by atoms with Crippen LogP contribution in [0.5, 0.6) is 5.75 Å². The quantitative estimate of drug-likeness (QED) is 0.132. The van der Waals surface area contributed by atoms with Gasteiger partial charge in [-0.1, -0.05) is 30.2 Å². The van der Waals surface area contributed by atoms with Gasteiger partial charge in [-0.3, -0.25) is 20.0 Å². The van der Waals surface area contributed by atoms with Crippen molar-refractivity contribution in [1.82, 2.24) is 20.2 Å². The third kappa shape index (κ3) is 9.67. The molecule has 206 valence electrons. The second-order valence-electron chi connectivity index (χ2n) is 8.87. The van der Waals surface area contributed by atoms with E-state index in [4.69, 9.17) is 38.3 Å². The molecular weight excluding hydrogens is 512 g/mol. The average Bonchev–Trinajstić information content (AvgIpc) is 2.90. The number of hydrogen-bond donors (Lipinski definition) is 4. The van der Waals surface area contributed by atoms with Gasteiger partial charge in [0.15, 0.2) is 35.0 Å². The highest BCUT2D eigenvalue weighted by molar-refractivity contribution is 6.31. The van der Waals surface area contributed by atoms with E-state index in [2.05, 4.69) is 25.2 Å². The first kappa shape index (κ1) is 28.9. The van der Waals surface area contributed by atoms with Crippen molar-refractivity contribution in [3.05, 3.63) is 40.7 Å². The zero-order valence-corrected chi connectivity index (χ0v) is 22.1. The number of carbonyl (C=O) groups is 2. The molecule has 0 radical (unpaired) electrons. The summed E-state index contributed by atoms with van der Waals surface area (Å²) in [7, 11) is 0. The first-order chi connectivity index (χ1) is 18.3. The van der Waals surface area contributed by atoms with E-state index in [-0.39, 0.29) is 41.0 Å². The Morgan fingerprint density at radius 3 is 2.53 bits per heavy atom. The lowest BCUT2D eigenvalue weighted by Gasteiger charge is -2.25. The molecule has 1 saturated heterocycles. The van der Waals surface area contributed by atoms with Crippen LogP contribution in [0.15, 0.2) is 29.3 Å². The van der Waals surface area contributed by atoms with Crippen LogP contribution in [-0.4, -0.2) is 72.1 Å². The summed E-state index contributed by atoms with van der Waals surface area (Å²) in [6.07, 6.45) is 6.16. The first-order valence-corrected chi connectivity index (χ1v) is 13.0. The summed E-state index contributed by atoms with van der Waals surface area (Å²) in [5.74, 6) is -0.708. The van der Waals surface area contributed by atoms with Crippen LogP contribution in [0.1, 0.15) is 48.2 Å². The molecule has 1 aromatic carbocycles. The molecule has 38 heavy (non-hydrogen) atoms. The number of nitrogens with two attached hydrogens (primary N) is 3. The molecule has 0 unspecified atom stereocenters. The summed E-state index contributed by atoms with van der Waals surface area (Å²) < 4.78 is 10.8. The highest BCUT2D eigenvalue weighted by Crippen LogP contribution is 2.17. The van der Waals surface area contributed by atoms with Crippen LogP contribution in [0, 0.1) is 0 Å². The highest BCUT2D eigenvalue weighted by atomic mass is 35.5. The monoisotopic (exact) mass is 546 g/mol. The summed E-state index contributed by atoms with van der Waals surface area (Å²) in [5.41, 5.74) is 17.9. The lowest BCUT2D eigenvalue weighted by Crippen LogP contribution is -2.38. The van der Waals surface area contributed by atoms with Gasteiger partial charge in [0.25, 0.3) is 5.91 Å². The number of guanidine groups is 1. The summed E-state index contributed by atoms with van der Waals surface area (Å²) in [6.45, 7) is 3.64. The lowest BCUT2D eigenvalue weighted by molar-refractivity contribution is -0.146. The highest BCUT2D eigenvalue weighted by Gasteiger charge is 2.16. The van der Waals surface area contributed by atoms with Gasteiger partial charge in [0, 0.05) is 13.1 Å². The number of aliphatic imine (C=N–C) groups is 1. The van der Waals surface area contributed by atoms with E-state index in [0.29, 0.717) is 18.9 Å². The number of hydrogen-bond acceptors (Lipinski definition) is 10. The number of halogens is 1. The Morgan fingerprint density at radius 2 is 1.79 bits per heavy atom. The number of piperidine rings is 1. The normalized spacial score (nSPS) is 14.2. The molecule has 0 bridgehead atoms. The molecule has 0 spiro atoms. The minimum absolute atomic E-state index is 0.0596. The summed E-state index contributed by atoms with van der Waals surface area (Å²) in [4.78, 5) is 38.2. The number of amides is 1. The molecule has 13 heteroatoms. The largest absolute Gasteiger partial charge is 0.482 e. The second-order valence-corrected chi connectivity index (χ2v) is 9.23. The Labute approximate surface area is 226 Å². The third-order valence-corrected chi connectivity index (χ3v) is 6.19. The van der Waals surface area contributed by atoms with Crippen molar-refractivity contribution >= 4 is 41.1 Å². The standard InChI is InChI=1S/C25H35ClN8O4/c26-21-23(28)32-22(27)20(31-21)24(36)33-25(29)30-11-3-2-6-17-7-9-18(10-8-17)38-16-19(35)37-15-14-34-12-4-1-5-13-34/h7-10H,1-6,11-16H2,(H4,27,28,32)(H3,29,30,33,36). The predicted molar refractivity (Wildman–Crippen MR) is 146 cm³/mol. The maximum absolute atomic E-state index is 12.2. The number of ether oxygens (including phenoxy) is 2. The topological polar surface area (TPSA) is 184 Å². The molecule has 1 aromatic heterocycles. The number of anilines is 2. The fourth-order valence-electron chi connectivity index (χ4n) is 3.87. The van der Waals surface area contributed by atoms with Gasteiger partial charge < -0.3 is 26.7 Å². The number of unbranched alkanes of at least 4 members (excludes halogenated alkanes) is 1. The summed E-state index contributed by atoms with van der Waals surface area (Å²) in [6, 6.07) is 7.58. The van der Waals surface area contributed by atoms with Gasteiger partial charge in [-0.05, 0) is 62.9 Å². The molecule has 12 nitrogen and oxygen atoms in total. The SMILES string of the molecule is NC(=NCCCCc1ccc(OCC(=O)OCCN2CCCCC2)cc1)NC(=O)c1nc(Cl)c(N)nc1N. The van der Waals surface area contributed by atoms with Gasteiger partial charge in [0.1, 0.15) is 12.4 Å². The average molecular weight is 547 g/mol. The van der Waals surface area contributed by atoms with E-state index >= 15 is 0 Å². The van der Waals surface area contributed by atoms with Crippen molar-refractivity contribution in [3.63, 3.8) is 0 Å². The van der Waals surface area contributed by atoms with Crippen molar-refractivity contribution < 1.29 is 19.1 Å². The number of likely N-dealkylation sites (tertiary alicyclic amines) is 1. The van der Waals surface area contributed by atoms with E-state index in [1.807, 2.05) is 24.3 Å². The van der Waals surface area contributed by atoms with Gasteiger partial charge in [-0.25, -0.2) is 14.8 Å². The molecule has 0 saturated carbocycles. The lowest BCUT2D eigenvalue weighted by atomic mass is 10.1. The molecule has 2 aromatic rings. The van der Waals surface area contributed by atoms with E-state index in [1.54, 1.807) is 0 Å². The van der Waals surface area contributed by atoms with Crippen LogP contribution in [-0.2, 0) is 16.0 Å². The zero-order valence-electron chi connectivity index (χ0n) is 21.3. The van der Waals surface area contributed by atoms with Crippen molar-refractivity contribution in [2.75, 3.05) is 50.9 Å². The van der Waals surface area contributed by atoms with Gasteiger partial charge in [0.05, 0.1) is 0 Å². The second kappa shape index (κ2) is 14.9. The van der Waals surface area contributed by atoms with Gasteiger partial charge in [-0.15, -0.1) is 0 Å². The molecule has 0 atom stereocenters. The molecule has 1 amide bonds. The van der Waals surface area contributed by atoms with Crippen LogP contribution in [0.25, 0.3) is 0 Å². The Bertz CT molecular complexity index is 1110. The number of aromatic nitrogens is 2. The van der Waals surface area contributed by atoms with Gasteiger partial charge >= 0.3 is 5.97 Å². The molecular formula is C25H35ClN8O4. The number of rotatable bonds is 12. The third-order valence-electron chi connectivity index (χ3n) is 5.92. The molecule has 0 aliphatic carbocycles. The van der Waals surface area contributed by atoms with E-state index in [1.165, 1.54) is 19.3 Å². The van der Waals surface area contributed by atoms with Crippen molar-refractivity contribution in [2.45, 2.75) is 38.5 Å². The summed E-state index contributed by atoms with van der Waals surface area (Å²) >= 11 is 5.79.